The third kappa shape index (κ3) is 5.01. The van der Waals surface area contributed by atoms with Crippen molar-refractivity contribution in [1.82, 2.24) is 24.8 Å². The molecule has 172 valence electrons. The molecule has 1 fully saturated rings. The van der Waals surface area contributed by atoms with Crippen LogP contribution < -0.4 is 16.3 Å². The smallest absolute Gasteiger partial charge is 0.344 e. The summed E-state index contributed by atoms with van der Waals surface area (Å²) >= 11 is 0. The number of phenols is 1. The van der Waals surface area contributed by atoms with E-state index < -0.39 is 5.69 Å². The van der Waals surface area contributed by atoms with Crippen LogP contribution in [0.5, 0.6) is 5.75 Å². The van der Waals surface area contributed by atoms with Crippen molar-refractivity contribution in [2.75, 3.05) is 31.6 Å². The molecule has 3 aromatic rings. The maximum Gasteiger partial charge on any atom is 0.344 e. The largest absolute Gasteiger partial charge is 0.507 e. The molecule has 10 heteroatoms. The first-order valence-electron chi connectivity index (χ1n) is 10.9. The number of carbonyl (C=O) groups is 1. The third-order valence-electron chi connectivity index (χ3n) is 6.01. The number of hydrogen-bond acceptors (Lipinski definition) is 8. The number of H-pyrrole nitrogens is 1. The summed E-state index contributed by atoms with van der Waals surface area (Å²) in [5.74, 6) is 0.603. The van der Waals surface area contributed by atoms with Gasteiger partial charge in [-0.25, -0.2) is 19.7 Å². The van der Waals surface area contributed by atoms with Gasteiger partial charge in [-0.3, -0.25) is 4.79 Å². The molecule has 0 saturated carbocycles. The fourth-order valence-electron chi connectivity index (χ4n) is 4.04. The molecule has 3 heterocycles. The van der Waals surface area contributed by atoms with E-state index in [0.29, 0.717) is 48.6 Å². The van der Waals surface area contributed by atoms with Gasteiger partial charge < -0.3 is 25.6 Å². The summed E-state index contributed by atoms with van der Waals surface area (Å²) in [5, 5.41) is 10.7. The molecule has 33 heavy (non-hydrogen) atoms. The van der Waals surface area contributed by atoms with Gasteiger partial charge in [-0.05, 0) is 25.0 Å². The van der Waals surface area contributed by atoms with Crippen LogP contribution in [0.25, 0.3) is 22.5 Å². The lowest BCUT2D eigenvalue weighted by molar-refractivity contribution is -0.132. The van der Waals surface area contributed by atoms with Gasteiger partial charge in [0.25, 0.3) is 0 Å². The van der Waals surface area contributed by atoms with Crippen molar-refractivity contribution in [2.45, 2.75) is 25.3 Å². The van der Waals surface area contributed by atoms with E-state index in [0.717, 1.165) is 18.5 Å². The number of carbonyl (C=O) groups excluding carboxylic acids is 1. The van der Waals surface area contributed by atoms with Gasteiger partial charge in [-0.2, -0.15) is 0 Å². The van der Waals surface area contributed by atoms with Crippen molar-refractivity contribution in [1.29, 1.82) is 0 Å². The van der Waals surface area contributed by atoms with Gasteiger partial charge in [0.2, 0.25) is 5.91 Å². The highest BCUT2D eigenvalue weighted by Gasteiger charge is 2.25. The van der Waals surface area contributed by atoms with Gasteiger partial charge in [0.05, 0.1) is 5.56 Å². The average molecular weight is 450 g/mol. The molecule has 0 aliphatic carbocycles. The zero-order chi connectivity index (χ0) is 23.4. The van der Waals surface area contributed by atoms with Crippen molar-refractivity contribution in [2.24, 2.45) is 5.73 Å². The van der Waals surface area contributed by atoms with E-state index in [-0.39, 0.29) is 17.7 Å². The molecule has 1 aliphatic heterocycles. The predicted octanol–water partition coefficient (Wildman–Crippen LogP) is 1.38. The van der Waals surface area contributed by atoms with Crippen LogP contribution in [-0.2, 0) is 4.79 Å². The number of aromatic amines is 1. The van der Waals surface area contributed by atoms with E-state index in [1.165, 1.54) is 6.20 Å². The summed E-state index contributed by atoms with van der Waals surface area (Å²) in [6.07, 6.45) is 8.36. The Labute approximate surface area is 191 Å². The number of nitrogens with one attached hydrogen (secondary N) is 1. The molecule has 0 radical (unpaired) electrons. The first-order chi connectivity index (χ1) is 16.0. The SMILES string of the molecule is CN(c1ccc(-c2ncc(-c3cnc(=O)[nH]c3)cn2)c(O)c1)C1CCN(C(=O)CCN)CC1. The molecule has 1 aliphatic rings. The number of aromatic hydroxyl groups is 1. The zero-order valence-electron chi connectivity index (χ0n) is 18.4. The number of aromatic nitrogens is 4. The van der Waals surface area contributed by atoms with E-state index in [1.54, 1.807) is 30.7 Å². The van der Waals surface area contributed by atoms with Gasteiger partial charge in [0, 0.05) is 86.8 Å². The Balaban J connectivity index is 1.44. The summed E-state index contributed by atoms with van der Waals surface area (Å²) in [4.78, 5) is 42.1. The number of amides is 1. The standard InChI is InChI=1S/C23H27N7O3/c1-29(17-5-8-30(9-6-17)21(32)4-7-24)18-2-3-19(20(31)10-18)22-25-11-15(12-26-22)16-13-27-23(33)28-14-16/h2-3,10-14,17,31H,4-9,24H2,1H3,(H,27,28,33). The van der Waals surface area contributed by atoms with Crippen LogP contribution in [0.4, 0.5) is 5.69 Å². The normalized spacial score (nSPS) is 14.3. The minimum Gasteiger partial charge on any atom is -0.507 e. The molecule has 4 rings (SSSR count). The van der Waals surface area contributed by atoms with E-state index >= 15 is 0 Å². The van der Waals surface area contributed by atoms with Crippen LogP contribution in [-0.4, -0.2) is 68.6 Å². The highest BCUT2D eigenvalue weighted by Crippen LogP contribution is 2.32. The number of rotatable bonds is 6. The van der Waals surface area contributed by atoms with Crippen LogP contribution in [0.3, 0.4) is 0 Å². The second-order valence-corrected chi connectivity index (χ2v) is 8.07. The molecular weight excluding hydrogens is 422 g/mol. The molecular formula is C23H27N7O3. The number of nitrogens with two attached hydrogens (primary N) is 1. The lowest BCUT2D eigenvalue weighted by Gasteiger charge is -2.38. The fraction of sp³-hybridized carbons (Fsp3) is 0.348. The molecule has 0 spiro atoms. The highest BCUT2D eigenvalue weighted by atomic mass is 16.3. The number of hydrogen-bond donors (Lipinski definition) is 3. The van der Waals surface area contributed by atoms with E-state index in [4.69, 9.17) is 5.73 Å². The van der Waals surface area contributed by atoms with Gasteiger partial charge in [-0.15, -0.1) is 0 Å². The molecule has 1 aromatic carbocycles. The summed E-state index contributed by atoms with van der Waals surface area (Å²) in [6, 6.07) is 5.73. The molecule has 4 N–H and O–H groups in total. The summed E-state index contributed by atoms with van der Waals surface area (Å²) < 4.78 is 0. The van der Waals surface area contributed by atoms with Crippen molar-refractivity contribution >= 4 is 11.6 Å². The maximum absolute atomic E-state index is 12.0. The number of phenolic OH excluding ortho intramolecular Hbond substituents is 1. The van der Waals surface area contributed by atoms with Gasteiger partial charge in [0.15, 0.2) is 5.82 Å². The summed E-state index contributed by atoms with van der Waals surface area (Å²) in [6.45, 7) is 1.80. The Morgan fingerprint density at radius 1 is 1.18 bits per heavy atom. The van der Waals surface area contributed by atoms with E-state index in [1.807, 2.05) is 18.0 Å². The first-order valence-corrected chi connectivity index (χ1v) is 10.9. The Hall–Kier alpha value is -3.79. The second-order valence-electron chi connectivity index (χ2n) is 8.07. The lowest BCUT2D eigenvalue weighted by atomic mass is 10.0. The Bertz CT molecular complexity index is 1150. The Morgan fingerprint density at radius 3 is 2.48 bits per heavy atom. The van der Waals surface area contributed by atoms with Gasteiger partial charge in [0.1, 0.15) is 5.75 Å². The molecule has 1 amide bonds. The van der Waals surface area contributed by atoms with Crippen molar-refractivity contribution < 1.29 is 9.90 Å². The van der Waals surface area contributed by atoms with Gasteiger partial charge in [-0.1, -0.05) is 0 Å². The first kappa shape index (κ1) is 22.4. The van der Waals surface area contributed by atoms with E-state index in [2.05, 4.69) is 24.8 Å². The van der Waals surface area contributed by atoms with Crippen LogP contribution in [0.2, 0.25) is 0 Å². The lowest BCUT2D eigenvalue weighted by Crippen LogP contribution is -2.46. The average Bonchev–Trinajstić information content (AvgIpc) is 2.84. The molecule has 0 atom stereocenters. The number of benzene rings is 1. The number of likely N-dealkylation sites (tertiary alicyclic amines) is 1. The molecule has 0 unspecified atom stereocenters. The molecule has 1 saturated heterocycles. The van der Waals surface area contributed by atoms with Crippen LogP contribution in [0.15, 0.2) is 47.8 Å². The summed E-state index contributed by atoms with van der Waals surface area (Å²) in [7, 11) is 2.00. The quantitative estimate of drug-likeness (QED) is 0.512. The Morgan fingerprint density at radius 2 is 1.88 bits per heavy atom. The van der Waals surface area contributed by atoms with Gasteiger partial charge >= 0.3 is 5.69 Å². The molecule has 2 aromatic heterocycles. The minimum atomic E-state index is -0.420. The zero-order valence-corrected chi connectivity index (χ0v) is 18.4. The van der Waals surface area contributed by atoms with E-state index in [9.17, 15) is 14.7 Å². The Kier molecular flexibility index (Phi) is 6.64. The number of nitrogens with zero attached hydrogens (tertiary/aromatic N) is 5. The van der Waals surface area contributed by atoms with Crippen LogP contribution in [0, 0.1) is 0 Å². The van der Waals surface area contributed by atoms with Crippen LogP contribution in [0.1, 0.15) is 19.3 Å². The van der Waals surface area contributed by atoms with Crippen molar-refractivity contribution in [3.63, 3.8) is 0 Å². The summed E-state index contributed by atoms with van der Waals surface area (Å²) in [5.41, 5.74) is 7.89. The highest BCUT2D eigenvalue weighted by molar-refractivity contribution is 5.76. The maximum atomic E-state index is 12.0. The van der Waals surface area contributed by atoms with Crippen molar-refractivity contribution in [3.8, 4) is 28.3 Å². The number of anilines is 1. The second kappa shape index (κ2) is 9.78. The molecule has 0 bridgehead atoms. The monoisotopic (exact) mass is 449 g/mol. The van der Waals surface area contributed by atoms with Crippen molar-refractivity contribution in [3.05, 3.63) is 53.5 Å². The topological polar surface area (TPSA) is 141 Å². The minimum absolute atomic E-state index is 0.0911. The predicted molar refractivity (Wildman–Crippen MR) is 125 cm³/mol. The fourth-order valence-corrected chi connectivity index (χ4v) is 4.04. The number of piperidine rings is 1. The third-order valence-corrected chi connectivity index (χ3v) is 6.01. The molecule has 10 nitrogen and oxygen atoms in total. The van der Waals surface area contributed by atoms with Crippen LogP contribution >= 0.6 is 0 Å².